The summed E-state index contributed by atoms with van der Waals surface area (Å²) >= 11 is 6.28. The molecule has 0 bridgehead atoms. The van der Waals surface area contributed by atoms with Gasteiger partial charge in [0.05, 0.1) is 5.38 Å². The fourth-order valence-electron chi connectivity index (χ4n) is 3.89. The summed E-state index contributed by atoms with van der Waals surface area (Å²) in [5.41, 5.74) is -1.59. The van der Waals surface area contributed by atoms with Crippen molar-refractivity contribution < 1.29 is 34.1 Å². The number of aryl methyl sites for hydroxylation is 1. The summed E-state index contributed by atoms with van der Waals surface area (Å²) < 4.78 is 13.0. The molecule has 1 heterocycles. The van der Waals surface area contributed by atoms with Gasteiger partial charge in [0.1, 0.15) is 17.6 Å². The molecule has 2 aromatic rings. The number of nitrogens with zero attached hydrogens (tertiary/aromatic N) is 1. The Balaban J connectivity index is 1.73. The fraction of sp³-hybridized carbons (Fsp3) is 0.348. The number of halogens is 2. The number of aromatic hydroxyl groups is 1. The average molecular weight is 479 g/mol. The Morgan fingerprint density at radius 2 is 1.88 bits per heavy atom. The van der Waals surface area contributed by atoms with Crippen LogP contribution in [0.4, 0.5) is 4.39 Å². The van der Waals surface area contributed by atoms with Crippen molar-refractivity contribution in [2.75, 3.05) is 6.54 Å². The lowest BCUT2D eigenvalue weighted by atomic mass is 10.0. The predicted molar refractivity (Wildman–Crippen MR) is 117 cm³/mol. The monoisotopic (exact) mass is 478 g/mol. The first kappa shape index (κ1) is 24.5. The molecule has 1 fully saturated rings. The van der Waals surface area contributed by atoms with Crippen LogP contribution >= 0.6 is 11.6 Å². The van der Waals surface area contributed by atoms with E-state index in [1.165, 1.54) is 37.3 Å². The van der Waals surface area contributed by atoms with Gasteiger partial charge in [-0.05, 0) is 49.6 Å². The van der Waals surface area contributed by atoms with Crippen LogP contribution < -0.4 is 5.32 Å². The van der Waals surface area contributed by atoms with Crippen molar-refractivity contribution in [1.82, 2.24) is 10.2 Å². The van der Waals surface area contributed by atoms with Crippen LogP contribution in [0.15, 0.2) is 42.5 Å². The van der Waals surface area contributed by atoms with Gasteiger partial charge in [0.25, 0.3) is 11.6 Å². The molecule has 176 valence electrons. The number of amides is 2. The van der Waals surface area contributed by atoms with Gasteiger partial charge in [-0.15, -0.1) is 11.6 Å². The van der Waals surface area contributed by atoms with E-state index in [0.29, 0.717) is 12.8 Å². The zero-order valence-electron chi connectivity index (χ0n) is 17.8. The zero-order chi connectivity index (χ0) is 24.3. The molecule has 2 aromatic carbocycles. The standard InChI is InChI=1S/C23H24ClFN2O6/c1-13-16(5-3-6-18(13)28)21(30)26-20-17(24)12-27(23(20,33)22(31)32)19(29)7-2-4-14-8-10-15(25)11-9-14/h3,5-6,8-11,17,20,28,33H,2,4,7,12H2,1H3,(H,26,30)(H,31,32)/t17?,20?,23-/m1/s1. The third kappa shape index (κ3) is 4.94. The molecule has 0 aliphatic carbocycles. The molecule has 0 radical (unpaired) electrons. The summed E-state index contributed by atoms with van der Waals surface area (Å²) in [5, 5.41) is 31.9. The second-order valence-corrected chi connectivity index (χ2v) is 8.49. The maximum Gasteiger partial charge on any atom is 0.359 e. The van der Waals surface area contributed by atoms with Gasteiger partial charge in [-0.25, -0.2) is 9.18 Å². The SMILES string of the molecule is Cc1c(O)cccc1C(=O)NC1C(Cl)CN(C(=O)CCCc2ccc(F)cc2)[C@]1(O)C(=O)O. The third-order valence-electron chi connectivity index (χ3n) is 5.79. The Bertz CT molecular complexity index is 1060. The molecular weight excluding hydrogens is 455 g/mol. The summed E-state index contributed by atoms with van der Waals surface area (Å²) in [4.78, 5) is 38.3. The van der Waals surface area contributed by atoms with Crippen molar-refractivity contribution in [3.63, 3.8) is 0 Å². The van der Waals surface area contributed by atoms with Crippen molar-refractivity contribution in [3.8, 4) is 5.75 Å². The van der Waals surface area contributed by atoms with Crippen molar-refractivity contribution >= 4 is 29.4 Å². The van der Waals surface area contributed by atoms with Gasteiger partial charge in [-0.1, -0.05) is 18.2 Å². The quantitative estimate of drug-likeness (QED) is 0.452. The molecule has 3 rings (SSSR count). The largest absolute Gasteiger partial charge is 0.508 e. The molecule has 1 aliphatic heterocycles. The van der Waals surface area contributed by atoms with Crippen LogP contribution in [-0.4, -0.2) is 61.7 Å². The molecule has 2 unspecified atom stereocenters. The number of nitrogens with one attached hydrogen (secondary N) is 1. The summed E-state index contributed by atoms with van der Waals surface area (Å²) in [6, 6.07) is 8.57. The van der Waals surface area contributed by atoms with Crippen LogP contribution in [0.5, 0.6) is 5.75 Å². The summed E-state index contributed by atoms with van der Waals surface area (Å²) in [5.74, 6) is -3.61. The van der Waals surface area contributed by atoms with Gasteiger partial charge in [-0.2, -0.15) is 0 Å². The number of carbonyl (C=O) groups is 3. The van der Waals surface area contributed by atoms with Gasteiger partial charge in [0.15, 0.2) is 0 Å². The highest BCUT2D eigenvalue weighted by atomic mass is 35.5. The Hall–Kier alpha value is -3.17. The first-order valence-electron chi connectivity index (χ1n) is 10.3. The van der Waals surface area contributed by atoms with E-state index >= 15 is 0 Å². The molecule has 0 saturated carbocycles. The van der Waals surface area contributed by atoms with Crippen molar-refractivity contribution in [1.29, 1.82) is 0 Å². The molecule has 10 heteroatoms. The highest BCUT2D eigenvalue weighted by Crippen LogP contribution is 2.33. The summed E-state index contributed by atoms with van der Waals surface area (Å²) in [6.45, 7) is 1.22. The number of rotatable bonds is 7. The second kappa shape index (κ2) is 9.76. The van der Waals surface area contributed by atoms with Gasteiger partial charge in [-0.3, -0.25) is 9.59 Å². The molecule has 8 nitrogen and oxygen atoms in total. The van der Waals surface area contributed by atoms with Gasteiger partial charge in [0, 0.05) is 24.1 Å². The van der Waals surface area contributed by atoms with E-state index in [4.69, 9.17) is 11.6 Å². The molecule has 33 heavy (non-hydrogen) atoms. The first-order valence-corrected chi connectivity index (χ1v) is 10.7. The minimum atomic E-state index is -2.75. The van der Waals surface area contributed by atoms with E-state index in [9.17, 15) is 34.1 Å². The first-order chi connectivity index (χ1) is 15.6. The number of hydrogen-bond acceptors (Lipinski definition) is 5. The zero-order valence-corrected chi connectivity index (χ0v) is 18.6. The van der Waals surface area contributed by atoms with Crippen LogP contribution in [0.25, 0.3) is 0 Å². The van der Waals surface area contributed by atoms with E-state index < -0.39 is 34.9 Å². The van der Waals surface area contributed by atoms with E-state index in [-0.39, 0.29) is 35.7 Å². The highest BCUT2D eigenvalue weighted by Gasteiger charge is 2.60. The number of hydrogen-bond donors (Lipinski definition) is 4. The van der Waals surface area contributed by atoms with E-state index in [1.807, 2.05) is 0 Å². The van der Waals surface area contributed by atoms with Crippen LogP contribution in [0, 0.1) is 12.7 Å². The van der Waals surface area contributed by atoms with Crippen molar-refractivity contribution in [2.45, 2.75) is 43.3 Å². The smallest absolute Gasteiger partial charge is 0.359 e. The molecule has 0 spiro atoms. The van der Waals surface area contributed by atoms with Crippen molar-refractivity contribution in [3.05, 3.63) is 65.0 Å². The van der Waals surface area contributed by atoms with E-state index in [0.717, 1.165) is 10.5 Å². The fourth-order valence-corrected chi connectivity index (χ4v) is 4.27. The maximum atomic E-state index is 13.0. The number of aliphatic carboxylic acids is 1. The summed E-state index contributed by atoms with van der Waals surface area (Å²) in [6.07, 6.45) is 0.707. The van der Waals surface area contributed by atoms with Crippen molar-refractivity contribution in [2.24, 2.45) is 0 Å². The average Bonchev–Trinajstić information content (AvgIpc) is 3.03. The van der Waals surface area contributed by atoms with Crippen LogP contribution in [0.3, 0.4) is 0 Å². The minimum Gasteiger partial charge on any atom is -0.508 e. The van der Waals surface area contributed by atoms with E-state index in [2.05, 4.69) is 5.32 Å². The van der Waals surface area contributed by atoms with Gasteiger partial charge < -0.3 is 25.5 Å². The number of likely N-dealkylation sites (tertiary alicyclic amines) is 1. The molecule has 4 N–H and O–H groups in total. The number of phenols is 1. The Morgan fingerprint density at radius 1 is 1.21 bits per heavy atom. The number of phenolic OH excluding ortho intramolecular Hbond substituents is 1. The molecule has 0 aromatic heterocycles. The number of benzene rings is 2. The Labute approximate surface area is 194 Å². The number of carboxylic acids is 1. The summed E-state index contributed by atoms with van der Waals surface area (Å²) in [7, 11) is 0. The second-order valence-electron chi connectivity index (χ2n) is 7.93. The highest BCUT2D eigenvalue weighted by molar-refractivity contribution is 6.22. The molecular formula is C23H24ClFN2O6. The normalized spacial score (nSPS) is 22.2. The van der Waals surface area contributed by atoms with Gasteiger partial charge in [0.2, 0.25) is 5.91 Å². The molecule has 2 amide bonds. The van der Waals surface area contributed by atoms with Crippen LogP contribution in [0.2, 0.25) is 0 Å². The topological polar surface area (TPSA) is 127 Å². The number of alkyl halides is 1. The lowest BCUT2D eigenvalue weighted by Gasteiger charge is -2.34. The van der Waals surface area contributed by atoms with E-state index in [1.54, 1.807) is 12.1 Å². The number of carbonyl (C=O) groups excluding carboxylic acids is 2. The lowest BCUT2D eigenvalue weighted by molar-refractivity contribution is -0.185. The van der Waals surface area contributed by atoms with Gasteiger partial charge >= 0.3 is 5.97 Å². The number of carboxylic acid groups (broad SMARTS) is 1. The molecule has 1 saturated heterocycles. The van der Waals surface area contributed by atoms with Crippen LogP contribution in [0.1, 0.15) is 34.3 Å². The predicted octanol–water partition coefficient (Wildman–Crippen LogP) is 2.18. The minimum absolute atomic E-state index is 0.0793. The Kier molecular flexibility index (Phi) is 7.24. The Morgan fingerprint density at radius 3 is 2.52 bits per heavy atom. The third-order valence-corrected chi connectivity index (χ3v) is 6.18. The van der Waals surface area contributed by atoms with Crippen LogP contribution in [-0.2, 0) is 16.0 Å². The number of aliphatic hydroxyl groups is 1. The maximum absolute atomic E-state index is 13.0. The lowest BCUT2D eigenvalue weighted by Crippen LogP contribution is -2.63. The molecule has 1 aliphatic rings. The molecule has 3 atom stereocenters.